The van der Waals surface area contributed by atoms with Crippen LogP contribution in [0.1, 0.15) is 42.6 Å². The van der Waals surface area contributed by atoms with Gasteiger partial charge in [0.1, 0.15) is 6.07 Å². The van der Waals surface area contributed by atoms with Crippen molar-refractivity contribution in [3.8, 4) is 11.9 Å². The molecule has 0 aromatic carbocycles. The topological polar surface area (TPSA) is 138 Å². The van der Waals surface area contributed by atoms with Crippen LogP contribution in [-0.4, -0.2) is 60.8 Å². The monoisotopic (exact) mass is 482 g/mol. The number of anilines is 2. The molecule has 1 aliphatic heterocycles. The summed E-state index contributed by atoms with van der Waals surface area (Å²) < 4.78 is 1.60. The fourth-order valence-electron chi connectivity index (χ4n) is 4.26. The normalized spacial score (nSPS) is 14.1. The molecule has 1 aliphatic rings. The van der Waals surface area contributed by atoms with E-state index in [2.05, 4.69) is 46.6 Å². The number of fused-ring (bicyclic) bond motifs is 1. The van der Waals surface area contributed by atoms with Crippen molar-refractivity contribution >= 4 is 28.6 Å². The van der Waals surface area contributed by atoms with Gasteiger partial charge in [-0.25, -0.2) is 19.9 Å². The van der Waals surface area contributed by atoms with Crippen molar-refractivity contribution in [2.24, 2.45) is 0 Å². The van der Waals surface area contributed by atoms with Crippen molar-refractivity contribution in [3.63, 3.8) is 0 Å². The second kappa shape index (κ2) is 9.95. The molecule has 36 heavy (non-hydrogen) atoms. The number of piperidine rings is 1. The van der Waals surface area contributed by atoms with E-state index < -0.39 is 0 Å². The Morgan fingerprint density at radius 3 is 2.58 bits per heavy atom. The quantitative estimate of drug-likeness (QED) is 0.425. The lowest BCUT2D eigenvalue weighted by Crippen LogP contribution is -2.45. The van der Waals surface area contributed by atoms with Crippen LogP contribution in [0, 0.1) is 11.3 Å². The van der Waals surface area contributed by atoms with Crippen molar-refractivity contribution < 1.29 is 4.79 Å². The average Bonchev–Trinajstić information content (AvgIpc) is 3.32. The number of aromatic nitrogens is 6. The minimum atomic E-state index is -0.172. The largest absolute Gasteiger partial charge is 0.382 e. The second-order valence-electron chi connectivity index (χ2n) is 8.98. The Bertz CT molecular complexity index is 1420. The van der Waals surface area contributed by atoms with Crippen molar-refractivity contribution in [1.82, 2.24) is 35.0 Å². The summed E-state index contributed by atoms with van der Waals surface area (Å²) >= 11 is 0. The first-order chi connectivity index (χ1) is 17.5. The molecule has 0 bridgehead atoms. The van der Waals surface area contributed by atoms with Crippen LogP contribution in [0.15, 0.2) is 49.2 Å². The van der Waals surface area contributed by atoms with Crippen molar-refractivity contribution in [3.05, 3.63) is 60.3 Å². The summed E-state index contributed by atoms with van der Waals surface area (Å²) in [6.07, 6.45) is 9.80. The van der Waals surface area contributed by atoms with Crippen LogP contribution in [-0.2, 0) is 0 Å². The third-order valence-electron chi connectivity index (χ3n) is 6.00. The van der Waals surface area contributed by atoms with E-state index in [-0.39, 0.29) is 18.0 Å². The number of nitrogens with zero attached hydrogens (tertiary/aromatic N) is 8. The maximum absolute atomic E-state index is 13.3. The predicted molar refractivity (Wildman–Crippen MR) is 135 cm³/mol. The highest BCUT2D eigenvalue weighted by atomic mass is 16.1. The zero-order valence-electron chi connectivity index (χ0n) is 20.1. The Hall–Kier alpha value is -4.59. The number of nitrogens with one attached hydrogen (secondary N) is 2. The van der Waals surface area contributed by atoms with Crippen molar-refractivity contribution in [2.45, 2.75) is 38.8 Å². The van der Waals surface area contributed by atoms with Gasteiger partial charge < -0.3 is 15.5 Å². The fraction of sp³-hybridized carbons (Fsp3) is 0.320. The molecule has 0 unspecified atom stereocenters. The third-order valence-corrected chi connectivity index (χ3v) is 6.00. The number of pyridine rings is 2. The molecule has 5 heterocycles. The van der Waals surface area contributed by atoms with E-state index in [9.17, 15) is 4.79 Å². The van der Waals surface area contributed by atoms with Gasteiger partial charge in [-0.2, -0.15) is 15.0 Å². The van der Waals surface area contributed by atoms with Gasteiger partial charge >= 0.3 is 0 Å². The molecule has 4 aromatic rings. The molecule has 1 amide bonds. The molecule has 1 saturated heterocycles. The molecular weight excluding hydrogens is 456 g/mol. The summed E-state index contributed by atoms with van der Waals surface area (Å²) in [6.45, 7) is 5.57. The average molecular weight is 483 g/mol. The van der Waals surface area contributed by atoms with Gasteiger partial charge in [-0.05, 0) is 38.8 Å². The van der Waals surface area contributed by atoms with Crippen LogP contribution in [0.3, 0.4) is 0 Å². The van der Waals surface area contributed by atoms with E-state index in [1.54, 1.807) is 47.7 Å². The van der Waals surface area contributed by atoms with Gasteiger partial charge in [0.2, 0.25) is 5.95 Å². The summed E-state index contributed by atoms with van der Waals surface area (Å²) in [6, 6.07) is 7.58. The second-order valence-corrected chi connectivity index (χ2v) is 8.98. The number of carbonyl (C=O) groups excluding carboxylic acids is 1. The van der Waals surface area contributed by atoms with Crippen LogP contribution in [0.4, 0.5) is 11.6 Å². The molecule has 182 valence electrons. The van der Waals surface area contributed by atoms with Gasteiger partial charge in [-0.1, -0.05) is 0 Å². The highest BCUT2D eigenvalue weighted by Gasteiger charge is 2.24. The molecule has 2 N–H and O–H groups in total. The highest BCUT2D eigenvalue weighted by Crippen LogP contribution is 2.23. The fourth-order valence-corrected chi connectivity index (χ4v) is 4.26. The predicted octanol–water partition coefficient (Wildman–Crippen LogP) is 2.70. The molecule has 5 rings (SSSR count). The lowest BCUT2D eigenvalue weighted by molar-refractivity contribution is 0.0931. The van der Waals surface area contributed by atoms with Crippen LogP contribution in [0.25, 0.3) is 16.9 Å². The number of nitriles is 1. The number of amides is 1. The number of hydrogen-bond donors (Lipinski definition) is 2. The van der Waals surface area contributed by atoms with E-state index in [0.29, 0.717) is 28.3 Å². The highest BCUT2D eigenvalue weighted by molar-refractivity contribution is 5.99. The van der Waals surface area contributed by atoms with Gasteiger partial charge in [-0.3, -0.25) is 4.79 Å². The Balaban J connectivity index is 1.34. The third kappa shape index (κ3) is 4.79. The summed E-state index contributed by atoms with van der Waals surface area (Å²) in [7, 11) is 0. The van der Waals surface area contributed by atoms with Crippen LogP contribution in [0.5, 0.6) is 0 Å². The lowest BCUT2D eigenvalue weighted by atomic mass is 10.0. The molecule has 11 nitrogen and oxygen atoms in total. The first-order valence-electron chi connectivity index (χ1n) is 11.9. The first kappa shape index (κ1) is 23.2. The minimum absolute atomic E-state index is 0.0534. The summed E-state index contributed by atoms with van der Waals surface area (Å²) in [5, 5.41) is 20.8. The van der Waals surface area contributed by atoms with E-state index in [1.165, 1.54) is 6.20 Å². The summed E-state index contributed by atoms with van der Waals surface area (Å²) in [5.74, 6) is 1.07. The molecule has 1 fully saturated rings. The van der Waals surface area contributed by atoms with Crippen molar-refractivity contribution in [2.75, 3.05) is 23.3 Å². The maximum atomic E-state index is 13.3. The number of rotatable bonds is 6. The van der Waals surface area contributed by atoms with Gasteiger partial charge in [0, 0.05) is 61.4 Å². The summed E-state index contributed by atoms with van der Waals surface area (Å²) in [5.41, 5.74) is 2.19. The molecule has 0 atom stereocenters. The minimum Gasteiger partial charge on any atom is -0.382 e. The zero-order chi connectivity index (χ0) is 25.1. The van der Waals surface area contributed by atoms with Gasteiger partial charge in [0.05, 0.1) is 23.0 Å². The molecule has 0 radical (unpaired) electrons. The summed E-state index contributed by atoms with van der Waals surface area (Å²) in [4.78, 5) is 32.9. The van der Waals surface area contributed by atoms with E-state index in [0.717, 1.165) is 37.3 Å². The van der Waals surface area contributed by atoms with Gasteiger partial charge in [-0.15, -0.1) is 0 Å². The molecule has 0 saturated carbocycles. The van der Waals surface area contributed by atoms with Crippen LogP contribution < -0.4 is 15.5 Å². The molecule has 0 spiro atoms. The number of hydrogen-bond acceptors (Lipinski definition) is 9. The Labute approximate surface area is 208 Å². The van der Waals surface area contributed by atoms with E-state index in [1.807, 2.05) is 13.8 Å². The van der Waals surface area contributed by atoms with E-state index in [4.69, 9.17) is 5.26 Å². The zero-order valence-corrected chi connectivity index (χ0v) is 20.1. The first-order valence-corrected chi connectivity index (χ1v) is 11.9. The molecule has 0 aliphatic carbocycles. The smallest absolute Gasteiger partial charge is 0.255 e. The van der Waals surface area contributed by atoms with Crippen LogP contribution >= 0.6 is 0 Å². The molecular formula is C25H26N10O. The Kier molecular flexibility index (Phi) is 6.40. The van der Waals surface area contributed by atoms with Crippen molar-refractivity contribution in [1.29, 1.82) is 5.26 Å². The SMILES string of the molecule is CC(C)Nc1cc(-n2ncc3cc(C#N)cnc32)ncc1C(=O)NC1CCN(c2ncccn2)CC1. The number of carbonyl (C=O) groups is 1. The standard InChI is InChI=1S/C25H26N10O/c1-16(2)32-21-11-22(35-23-18(14-31-35)10-17(12-26)13-30-23)29-15-20(21)24(36)33-19-4-8-34(9-5-19)25-27-6-3-7-28-25/h3,6-7,10-11,13-16,19H,4-5,8-9H2,1-2H3,(H,29,32)(H,33,36). The Morgan fingerprint density at radius 2 is 1.86 bits per heavy atom. The maximum Gasteiger partial charge on any atom is 0.255 e. The van der Waals surface area contributed by atoms with Gasteiger partial charge in [0.25, 0.3) is 5.91 Å². The molecule has 11 heteroatoms. The van der Waals surface area contributed by atoms with Crippen LogP contribution in [0.2, 0.25) is 0 Å². The molecule has 4 aromatic heterocycles. The van der Waals surface area contributed by atoms with E-state index >= 15 is 0 Å². The Morgan fingerprint density at radius 1 is 1.08 bits per heavy atom. The van der Waals surface area contributed by atoms with Gasteiger partial charge in [0.15, 0.2) is 11.5 Å². The lowest BCUT2D eigenvalue weighted by Gasteiger charge is -2.32.